The third kappa shape index (κ3) is 1.55. The zero-order chi connectivity index (χ0) is 10.3. The predicted octanol–water partition coefficient (Wildman–Crippen LogP) is 3.78. The highest BCUT2D eigenvalue weighted by Gasteiger charge is 2.49. The third-order valence-electron chi connectivity index (χ3n) is 2.64. The van der Waals surface area contributed by atoms with Crippen molar-refractivity contribution in [2.75, 3.05) is 6.61 Å². The maximum atomic E-state index is 5.67. The van der Waals surface area contributed by atoms with E-state index in [-0.39, 0.29) is 5.60 Å². The summed E-state index contributed by atoms with van der Waals surface area (Å²) < 4.78 is 6.80. The summed E-state index contributed by atoms with van der Waals surface area (Å²) in [7, 11) is 0. The molecule has 3 heteroatoms. The van der Waals surface area contributed by atoms with Gasteiger partial charge >= 0.3 is 0 Å². The van der Waals surface area contributed by atoms with E-state index in [4.69, 9.17) is 4.74 Å². The first kappa shape index (κ1) is 9.58. The van der Waals surface area contributed by atoms with Crippen LogP contribution in [0.15, 0.2) is 46.3 Å². The highest BCUT2D eigenvalue weighted by molar-refractivity contribution is 9.10. The van der Waals surface area contributed by atoms with Crippen LogP contribution in [0.3, 0.4) is 0 Å². The van der Waals surface area contributed by atoms with Gasteiger partial charge in [0.15, 0.2) is 5.60 Å². The standard InChI is InChI=1S/C12H9BrOS/c13-10-6-11(15-7-10)12(8-14-12)9-4-2-1-3-5-9/h1-7H,8H2. The second-order valence-corrected chi connectivity index (χ2v) is 5.44. The van der Waals surface area contributed by atoms with E-state index in [0.29, 0.717) is 0 Å². The van der Waals surface area contributed by atoms with Gasteiger partial charge in [0.25, 0.3) is 0 Å². The number of rotatable bonds is 2. The van der Waals surface area contributed by atoms with Crippen LogP contribution in [0.5, 0.6) is 0 Å². The summed E-state index contributed by atoms with van der Waals surface area (Å²) in [5, 5.41) is 2.10. The zero-order valence-electron chi connectivity index (χ0n) is 7.94. The monoisotopic (exact) mass is 280 g/mol. The number of thiophene rings is 1. The molecule has 1 aromatic carbocycles. The minimum Gasteiger partial charge on any atom is -0.358 e. The van der Waals surface area contributed by atoms with Crippen LogP contribution in [-0.4, -0.2) is 6.61 Å². The Labute approximate surface area is 101 Å². The fraction of sp³-hybridized carbons (Fsp3) is 0.167. The minimum atomic E-state index is -0.155. The van der Waals surface area contributed by atoms with E-state index >= 15 is 0 Å². The van der Waals surface area contributed by atoms with Crippen LogP contribution in [-0.2, 0) is 10.3 Å². The maximum Gasteiger partial charge on any atom is 0.151 e. The van der Waals surface area contributed by atoms with E-state index in [9.17, 15) is 0 Å². The highest BCUT2D eigenvalue weighted by atomic mass is 79.9. The first-order valence-corrected chi connectivity index (χ1v) is 6.42. The second kappa shape index (κ2) is 3.44. The maximum absolute atomic E-state index is 5.67. The Morgan fingerprint density at radius 1 is 1.27 bits per heavy atom. The van der Waals surface area contributed by atoms with Crippen molar-refractivity contribution in [1.82, 2.24) is 0 Å². The quantitative estimate of drug-likeness (QED) is 0.763. The molecular formula is C12H9BrOS. The summed E-state index contributed by atoms with van der Waals surface area (Å²) in [6.07, 6.45) is 0. The Hall–Kier alpha value is -0.640. The topological polar surface area (TPSA) is 12.5 Å². The van der Waals surface area contributed by atoms with Crippen LogP contribution in [0.25, 0.3) is 0 Å². The van der Waals surface area contributed by atoms with Crippen LogP contribution < -0.4 is 0 Å². The molecule has 1 saturated heterocycles. The van der Waals surface area contributed by atoms with E-state index in [0.717, 1.165) is 11.1 Å². The predicted molar refractivity (Wildman–Crippen MR) is 65.2 cm³/mol. The van der Waals surface area contributed by atoms with Gasteiger partial charge in [0.1, 0.15) is 0 Å². The van der Waals surface area contributed by atoms with Crippen LogP contribution in [0, 0.1) is 0 Å². The van der Waals surface area contributed by atoms with E-state index < -0.39 is 0 Å². The first-order chi connectivity index (χ1) is 7.31. The van der Waals surface area contributed by atoms with Crippen LogP contribution in [0.2, 0.25) is 0 Å². The molecule has 1 atom stereocenters. The Morgan fingerprint density at radius 2 is 2.00 bits per heavy atom. The summed E-state index contributed by atoms with van der Waals surface area (Å²) in [4.78, 5) is 1.28. The number of epoxide rings is 1. The summed E-state index contributed by atoms with van der Waals surface area (Å²) in [5.74, 6) is 0. The first-order valence-electron chi connectivity index (χ1n) is 4.75. The van der Waals surface area contributed by atoms with Crippen molar-refractivity contribution < 1.29 is 4.74 Å². The van der Waals surface area contributed by atoms with Gasteiger partial charge in [0.05, 0.1) is 6.61 Å². The molecule has 0 N–H and O–H groups in total. The van der Waals surface area contributed by atoms with Gasteiger partial charge in [-0.2, -0.15) is 0 Å². The van der Waals surface area contributed by atoms with Crippen molar-refractivity contribution in [2.24, 2.45) is 0 Å². The lowest BCUT2D eigenvalue weighted by Crippen LogP contribution is -2.07. The van der Waals surface area contributed by atoms with Crippen molar-refractivity contribution in [2.45, 2.75) is 5.60 Å². The molecule has 1 nitrogen and oxygen atoms in total. The van der Waals surface area contributed by atoms with E-state index in [1.807, 2.05) is 6.07 Å². The molecule has 1 fully saturated rings. The molecule has 1 unspecified atom stereocenters. The van der Waals surface area contributed by atoms with Gasteiger partial charge in [0, 0.05) is 14.7 Å². The molecule has 0 bridgehead atoms. The number of hydrogen-bond acceptors (Lipinski definition) is 2. The summed E-state index contributed by atoms with van der Waals surface area (Å²) >= 11 is 5.22. The fourth-order valence-corrected chi connectivity index (χ4v) is 3.35. The zero-order valence-corrected chi connectivity index (χ0v) is 10.3. The van der Waals surface area contributed by atoms with Crippen molar-refractivity contribution in [1.29, 1.82) is 0 Å². The lowest BCUT2D eigenvalue weighted by molar-refractivity contribution is 0.353. The summed E-state index contributed by atoms with van der Waals surface area (Å²) in [6, 6.07) is 12.5. The number of halogens is 1. The lowest BCUT2D eigenvalue weighted by atomic mass is 9.98. The minimum absolute atomic E-state index is 0.155. The molecule has 15 heavy (non-hydrogen) atoms. The van der Waals surface area contributed by atoms with Gasteiger partial charge in [-0.05, 0) is 27.6 Å². The third-order valence-corrected chi connectivity index (χ3v) is 4.47. The second-order valence-electron chi connectivity index (χ2n) is 3.61. The molecule has 0 amide bonds. The van der Waals surface area contributed by atoms with E-state index in [1.54, 1.807) is 11.3 Å². The number of ether oxygens (including phenoxy) is 1. The van der Waals surface area contributed by atoms with Crippen LogP contribution >= 0.6 is 27.3 Å². The van der Waals surface area contributed by atoms with E-state index in [2.05, 4.69) is 51.6 Å². The molecule has 1 aliphatic rings. The van der Waals surface area contributed by atoms with Gasteiger partial charge in [-0.3, -0.25) is 0 Å². The van der Waals surface area contributed by atoms with Crippen LogP contribution in [0.1, 0.15) is 10.4 Å². The normalized spacial score (nSPS) is 24.1. The Kier molecular flexibility index (Phi) is 2.20. The molecule has 0 radical (unpaired) electrons. The highest BCUT2D eigenvalue weighted by Crippen LogP contribution is 2.47. The number of benzene rings is 1. The van der Waals surface area contributed by atoms with Gasteiger partial charge < -0.3 is 4.74 Å². The smallest absolute Gasteiger partial charge is 0.151 e. The van der Waals surface area contributed by atoms with Crippen molar-refractivity contribution in [3.63, 3.8) is 0 Å². The van der Waals surface area contributed by atoms with Gasteiger partial charge in [0.2, 0.25) is 0 Å². The molecule has 1 aliphatic heterocycles. The molecule has 1 aromatic heterocycles. The Morgan fingerprint density at radius 3 is 2.53 bits per heavy atom. The SMILES string of the molecule is Brc1csc(C2(c3ccccc3)CO2)c1. The van der Waals surface area contributed by atoms with E-state index in [1.165, 1.54) is 10.4 Å². The molecule has 2 aromatic rings. The summed E-state index contributed by atoms with van der Waals surface area (Å²) in [5.41, 5.74) is 1.09. The van der Waals surface area contributed by atoms with Gasteiger partial charge in [-0.1, -0.05) is 30.3 Å². The molecule has 2 heterocycles. The molecule has 0 saturated carbocycles. The van der Waals surface area contributed by atoms with Crippen LogP contribution in [0.4, 0.5) is 0 Å². The molecular weight excluding hydrogens is 272 g/mol. The van der Waals surface area contributed by atoms with Gasteiger partial charge in [-0.25, -0.2) is 0 Å². The summed E-state index contributed by atoms with van der Waals surface area (Å²) in [6.45, 7) is 0.796. The average Bonchev–Trinajstić information content (AvgIpc) is 2.98. The van der Waals surface area contributed by atoms with Crippen molar-refractivity contribution in [3.8, 4) is 0 Å². The lowest BCUT2D eigenvalue weighted by Gasteiger charge is -2.09. The Balaban J connectivity index is 2.05. The average molecular weight is 281 g/mol. The van der Waals surface area contributed by atoms with Gasteiger partial charge in [-0.15, -0.1) is 11.3 Å². The molecule has 76 valence electrons. The number of hydrogen-bond donors (Lipinski definition) is 0. The fourth-order valence-electron chi connectivity index (χ4n) is 1.76. The van der Waals surface area contributed by atoms with Crippen molar-refractivity contribution >= 4 is 27.3 Å². The molecule has 3 rings (SSSR count). The molecule has 0 aliphatic carbocycles. The van der Waals surface area contributed by atoms with Crippen molar-refractivity contribution in [3.05, 3.63) is 56.7 Å². The largest absolute Gasteiger partial charge is 0.358 e. The molecule has 0 spiro atoms. The Bertz CT molecular complexity index is 473.